The number of aromatic nitrogens is 2. The zero-order chi connectivity index (χ0) is 17.6. The lowest BCUT2D eigenvalue weighted by Gasteiger charge is -2.38. The Morgan fingerprint density at radius 3 is 2.60 bits per heavy atom. The normalized spacial score (nSPS) is 18.0. The van der Waals surface area contributed by atoms with Crippen molar-refractivity contribution in [3.8, 4) is 0 Å². The van der Waals surface area contributed by atoms with Crippen molar-refractivity contribution in [1.82, 2.24) is 14.5 Å². The molecule has 0 radical (unpaired) electrons. The summed E-state index contributed by atoms with van der Waals surface area (Å²) in [6, 6.07) is 8.79. The Morgan fingerprint density at radius 2 is 1.88 bits per heavy atom. The lowest BCUT2D eigenvalue weighted by molar-refractivity contribution is 0.112. The number of hydrogen-bond donors (Lipinski definition) is 1. The van der Waals surface area contributed by atoms with E-state index in [-0.39, 0.29) is 5.69 Å². The number of benzene rings is 1. The fourth-order valence-electron chi connectivity index (χ4n) is 4.33. The summed E-state index contributed by atoms with van der Waals surface area (Å²) in [5.41, 5.74) is 2.03. The van der Waals surface area contributed by atoms with Crippen molar-refractivity contribution in [2.45, 2.75) is 71.4 Å². The fourth-order valence-corrected chi connectivity index (χ4v) is 4.33. The monoisotopic (exact) mass is 343 g/mol. The van der Waals surface area contributed by atoms with E-state index in [1.165, 1.54) is 58.0 Å². The Morgan fingerprint density at radius 1 is 1.12 bits per heavy atom. The Bertz CT molecular complexity index is 709. The molecule has 3 rings (SSSR count). The lowest BCUT2D eigenvalue weighted by atomic mass is 9.93. The third-order valence-corrected chi connectivity index (χ3v) is 5.80. The number of nitrogens with zero attached hydrogens (tertiary/aromatic N) is 2. The minimum atomic E-state index is 0.0374. The van der Waals surface area contributed by atoms with Crippen LogP contribution in [0.1, 0.15) is 58.8 Å². The molecule has 0 spiro atoms. The van der Waals surface area contributed by atoms with Gasteiger partial charge >= 0.3 is 5.69 Å². The first-order valence-electron chi connectivity index (χ1n) is 10.1. The van der Waals surface area contributed by atoms with Crippen LogP contribution in [0.25, 0.3) is 11.0 Å². The molecule has 0 saturated carbocycles. The zero-order valence-corrected chi connectivity index (χ0v) is 15.8. The summed E-state index contributed by atoms with van der Waals surface area (Å²) in [4.78, 5) is 18.0. The van der Waals surface area contributed by atoms with E-state index in [0.717, 1.165) is 23.6 Å². The summed E-state index contributed by atoms with van der Waals surface area (Å²) in [5, 5.41) is 0. The van der Waals surface area contributed by atoms with Crippen LogP contribution in [0.5, 0.6) is 0 Å². The highest BCUT2D eigenvalue weighted by Gasteiger charge is 2.25. The van der Waals surface area contributed by atoms with Crippen molar-refractivity contribution in [3.05, 3.63) is 34.7 Å². The van der Waals surface area contributed by atoms with E-state index in [9.17, 15) is 4.79 Å². The predicted molar refractivity (Wildman–Crippen MR) is 105 cm³/mol. The smallest absolute Gasteiger partial charge is 0.306 e. The second-order valence-electron chi connectivity index (χ2n) is 7.62. The number of unbranched alkanes of at least 4 members (excludes halogenated alkanes) is 1. The van der Waals surface area contributed by atoms with E-state index in [4.69, 9.17) is 0 Å². The van der Waals surface area contributed by atoms with Crippen LogP contribution < -0.4 is 5.69 Å². The quantitative estimate of drug-likeness (QED) is 0.772. The number of fused-ring (bicyclic) bond motifs is 1. The third kappa shape index (κ3) is 4.35. The molecule has 1 saturated heterocycles. The highest BCUT2D eigenvalue weighted by atomic mass is 16.1. The van der Waals surface area contributed by atoms with Crippen molar-refractivity contribution in [1.29, 1.82) is 0 Å². The highest BCUT2D eigenvalue weighted by molar-refractivity contribution is 5.74. The summed E-state index contributed by atoms with van der Waals surface area (Å²) >= 11 is 0. The average Bonchev–Trinajstić information content (AvgIpc) is 2.95. The molecule has 4 heteroatoms. The molecular formula is C21H33N3O. The fraction of sp³-hybridized carbons (Fsp3) is 0.667. The molecule has 1 aromatic heterocycles. The van der Waals surface area contributed by atoms with E-state index >= 15 is 0 Å². The Labute approximate surface area is 151 Å². The first-order valence-corrected chi connectivity index (χ1v) is 10.1. The molecule has 1 aliphatic heterocycles. The molecule has 0 aliphatic carbocycles. The second kappa shape index (κ2) is 8.70. The van der Waals surface area contributed by atoms with Gasteiger partial charge in [0.1, 0.15) is 0 Å². The molecular weight excluding hydrogens is 310 g/mol. The van der Waals surface area contributed by atoms with Gasteiger partial charge in [-0.3, -0.25) is 4.57 Å². The van der Waals surface area contributed by atoms with Crippen molar-refractivity contribution in [2.24, 2.45) is 5.92 Å². The van der Waals surface area contributed by atoms with Crippen molar-refractivity contribution < 1.29 is 0 Å². The number of H-pyrrole nitrogens is 1. The van der Waals surface area contributed by atoms with Crippen LogP contribution in [0.15, 0.2) is 29.1 Å². The number of likely N-dealkylation sites (tertiary alicyclic amines) is 1. The van der Waals surface area contributed by atoms with Crippen LogP contribution >= 0.6 is 0 Å². The molecule has 0 bridgehead atoms. The number of imidazole rings is 1. The maximum absolute atomic E-state index is 12.3. The van der Waals surface area contributed by atoms with Crippen LogP contribution in [0, 0.1) is 5.92 Å². The maximum atomic E-state index is 12.3. The van der Waals surface area contributed by atoms with Crippen molar-refractivity contribution >= 4 is 11.0 Å². The zero-order valence-electron chi connectivity index (χ0n) is 15.8. The van der Waals surface area contributed by atoms with Crippen LogP contribution in [0.3, 0.4) is 0 Å². The number of hydrogen-bond acceptors (Lipinski definition) is 2. The van der Waals surface area contributed by atoms with E-state index < -0.39 is 0 Å². The van der Waals surface area contributed by atoms with Gasteiger partial charge in [-0.1, -0.05) is 45.2 Å². The predicted octanol–water partition coefficient (Wildman–Crippen LogP) is 4.40. The summed E-state index contributed by atoms with van der Waals surface area (Å²) in [6.07, 6.45) is 8.99. The van der Waals surface area contributed by atoms with E-state index in [1.807, 2.05) is 28.8 Å². The summed E-state index contributed by atoms with van der Waals surface area (Å²) < 4.78 is 1.94. The van der Waals surface area contributed by atoms with Gasteiger partial charge in [-0.15, -0.1) is 0 Å². The molecule has 2 heterocycles. The number of nitrogens with one attached hydrogen (secondary N) is 1. The Balaban J connectivity index is 1.60. The van der Waals surface area contributed by atoms with Crippen LogP contribution in [0.4, 0.5) is 0 Å². The minimum absolute atomic E-state index is 0.0374. The topological polar surface area (TPSA) is 41.0 Å². The van der Waals surface area contributed by atoms with Gasteiger partial charge in [0.2, 0.25) is 0 Å². The molecule has 1 aliphatic rings. The minimum Gasteiger partial charge on any atom is -0.306 e. The third-order valence-electron chi connectivity index (χ3n) is 5.80. The van der Waals surface area contributed by atoms with Gasteiger partial charge in [-0.25, -0.2) is 4.79 Å². The molecule has 1 fully saturated rings. The SMILES string of the molecule is CCCCC(CCC)N1CCC(Cn2c(=O)[nH]c3ccccc32)CC1. The number of para-hydroxylation sites is 2. The number of aromatic amines is 1. The van der Waals surface area contributed by atoms with E-state index in [0.29, 0.717) is 5.92 Å². The largest absolute Gasteiger partial charge is 0.326 e. The van der Waals surface area contributed by atoms with Gasteiger partial charge in [-0.2, -0.15) is 0 Å². The van der Waals surface area contributed by atoms with Gasteiger partial charge in [0.05, 0.1) is 11.0 Å². The molecule has 1 unspecified atom stereocenters. The van der Waals surface area contributed by atoms with Crippen LogP contribution in [-0.4, -0.2) is 33.6 Å². The summed E-state index contributed by atoms with van der Waals surface area (Å²) in [7, 11) is 0. The molecule has 25 heavy (non-hydrogen) atoms. The Hall–Kier alpha value is -1.55. The standard InChI is InChI=1S/C21H33N3O/c1-3-5-9-18(8-4-2)23-14-12-17(13-15-23)16-24-20-11-7-6-10-19(20)22-21(24)25/h6-7,10-11,17-18H,3-5,8-9,12-16H2,1-2H3,(H,22,25). The number of rotatable bonds is 8. The number of piperidine rings is 1. The second-order valence-corrected chi connectivity index (χ2v) is 7.62. The Kier molecular flexibility index (Phi) is 6.35. The molecule has 138 valence electrons. The molecule has 1 N–H and O–H groups in total. The lowest BCUT2D eigenvalue weighted by Crippen LogP contribution is -2.42. The van der Waals surface area contributed by atoms with E-state index in [1.54, 1.807) is 0 Å². The molecule has 1 atom stereocenters. The average molecular weight is 344 g/mol. The molecule has 1 aromatic carbocycles. The van der Waals surface area contributed by atoms with Gasteiger partial charge in [0.15, 0.2) is 0 Å². The maximum Gasteiger partial charge on any atom is 0.326 e. The van der Waals surface area contributed by atoms with Gasteiger partial charge in [-0.05, 0) is 56.8 Å². The van der Waals surface area contributed by atoms with Crippen LogP contribution in [-0.2, 0) is 6.54 Å². The van der Waals surface area contributed by atoms with Crippen molar-refractivity contribution in [2.75, 3.05) is 13.1 Å². The van der Waals surface area contributed by atoms with Crippen molar-refractivity contribution in [3.63, 3.8) is 0 Å². The first kappa shape index (κ1) is 18.2. The summed E-state index contributed by atoms with van der Waals surface area (Å²) in [5.74, 6) is 0.613. The van der Waals surface area contributed by atoms with Gasteiger partial charge < -0.3 is 9.88 Å². The molecule has 2 aromatic rings. The summed E-state index contributed by atoms with van der Waals surface area (Å²) in [6.45, 7) is 7.82. The first-order chi connectivity index (χ1) is 12.2. The molecule has 4 nitrogen and oxygen atoms in total. The highest BCUT2D eigenvalue weighted by Crippen LogP contribution is 2.25. The van der Waals surface area contributed by atoms with E-state index in [2.05, 4.69) is 23.7 Å². The molecule has 0 amide bonds. The van der Waals surface area contributed by atoms with Crippen LogP contribution in [0.2, 0.25) is 0 Å². The van der Waals surface area contributed by atoms with Gasteiger partial charge in [0, 0.05) is 12.6 Å². The van der Waals surface area contributed by atoms with Gasteiger partial charge in [0.25, 0.3) is 0 Å².